The lowest BCUT2D eigenvalue weighted by atomic mass is 10.1. The van der Waals surface area contributed by atoms with Gasteiger partial charge in [0.15, 0.2) is 29.1 Å². The summed E-state index contributed by atoms with van der Waals surface area (Å²) < 4.78 is 49.1. The van der Waals surface area contributed by atoms with Crippen molar-refractivity contribution < 1.29 is 47.7 Å². The first kappa shape index (κ1) is 34.4. The molecule has 3 aromatic heterocycles. The van der Waals surface area contributed by atoms with Crippen LogP contribution in [0.5, 0.6) is 0 Å². The molecule has 0 saturated carbocycles. The molecule has 1 saturated heterocycles. The number of fused-ring (bicyclic) bond motifs is 1. The number of imidazole rings is 1. The van der Waals surface area contributed by atoms with E-state index < -0.39 is 58.9 Å². The van der Waals surface area contributed by atoms with Gasteiger partial charge in [-0.3, -0.25) is 13.7 Å². The summed E-state index contributed by atoms with van der Waals surface area (Å²) in [6, 6.07) is 7.60. The minimum absolute atomic E-state index is 0.122. The molecular weight excluding hydrogens is 673 g/mol. The van der Waals surface area contributed by atoms with Crippen molar-refractivity contribution in [3.63, 3.8) is 0 Å². The zero-order chi connectivity index (χ0) is 33.2. The second-order valence-corrected chi connectivity index (χ2v) is 14.9. The molecule has 1 aromatic carbocycles. The van der Waals surface area contributed by atoms with E-state index in [-0.39, 0.29) is 17.5 Å². The summed E-state index contributed by atoms with van der Waals surface area (Å²) in [5.41, 5.74) is 2.85. The number of aromatic nitrogens is 7. The van der Waals surface area contributed by atoms with E-state index in [9.17, 15) is 28.6 Å². The molecule has 4 aromatic rings. The van der Waals surface area contributed by atoms with Crippen LogP contribution in [-0.2, 0) is 31.5 Å². The third kappa shape index (κ3) is 7.97. The van der Waals surface area contributed by atoms with Crippen molar-refractivity contribution >= 4 is 43.8 Å². The minimum Gasteiger partial charge on any atom is -0.387 e. The second-order valence-electron chi connectivity index (χ2n) is 10.6. The van der Waals surface area contributed by atoms with Gasteiger partial charge < -0.3 is 39.1 Å². The fourth-order valence-electron chi connectivity index (χ4n) is 5.00. The highest BCUT2D eigenvalue weighted by Crippen LogP contribution is 2.55. The van der Waals surface area contributed by atoms with Gasteiger partial charge in [-0.15, -0.1) is 5.10 Å². The van der Waals surface area contributed by atoms with Crippen LogP contribution in [0.15, 0.2) is 36.8 Å². The molecule has 0 amide bonds. The minimum atomic E-state index is -4.87. The van der Waals surface area contributed by atoms with Crippen molar-refractivity contribution in [2.24, 2.45) is 0 Å². The molecule has 5 atom stereocenters. The number of ether oxygens (including phenoxy) is 1. The Balaban J connectivity index is 1.36. The van der Waals surface area contributed by atoms with Crippen LogP contribution in [0.3, 0.4) is 0 Å². The second kappa shape index (κ2) is 14.1. The third-order valence-electron chi connectivity index (χ3n) is 7.06. The average molecular weight is 705 g/mol. The highest BCUT2D eigenvalue weighted by Gasteiger charge is 2.46. The molecule has 0 aliphatic carbocycles. The van der Waals surface area contributed by atoms with Gasteiger partial charge in [-0.05, 0) is 23.6 Å². The van der Waals surface area contributed by atoms with Crippen molar-refractivity contribution in [3.05, 3.63) is 47.6 Å². The fraction of sp³-hybridized carbons (Fsp3) is 0.480. The van der Waals surface area contributed by atoms with Crippen LogP contribution in [0.25, 0.3) is 22.4 Å². The SMILES string of the molecule is CCCN(Cc1ccc(-c2cn(CCF)nn2)cc1)c1nc(Cl)nc2c1ncn2[C@@H]1O[C@H](COP(=O)(O)CP(=O)(O)O)[C@@H](O)[C@H]1O. The lowest BCUT2D eigenvalue weighted by molar-refractivity contribution is -0.0483. The standard InChI is InChI=1S/C25H32ClFN8O9P2/c1-2-8-33(10-15-3-5-16(6-4-15)17-11-34(9-7-27)32-31-17)22-19-23(30-25(26)29-22)35(13-28-19)24-21(37)20(36)18(44-24)12-43-46(41,42)14-45(38,39)40/h3-6,11,13,18,20-21,24,36-37H,2,7-10,12,14H2,1H3,(H,41,42)(H2,38,39,40)/t18-,20-,21-,24-/m1/s1. The van der Waals surface area contributed by atoms with Crippen molar-refractivity contribution in [2.45, 2.75) is 51.0 Å². The number of alkyl halides is 1. The zero-order valence-corrected chi connectivity index (χ0v) is 26.9. The Hall–Kier alpha value is -2.89. The number of nitrogens with zero attached hydrogens (tertiary/aromatic N) is 8. The lowest BCUT2D eigenvalue weighted by Gasteiger charge is -2.24. The maximum absolute atomic E-state index is 12.6. The molecular formula is C25H32ClFN8O9P2. The van der Waals surface area contributed by atoms with Gasteiger partial charge in [0.1, 0.15) is 30.7 Å². The first-order chi connectivity index (χ1) is 21.8. The molecule has 17 nitrogen and oxygen atoms in total. The van der Waals surface area contributed by atoms with E-state index in [1.54, 1.807) is 6.20 Å². The van der Waals surface area contributed by atoms with E-state index in [1.165, 1.54) is 15.6 Å². The maximum atomic E-state index is 12.6. The van der Waals surface area contributed by atoms with Crippen LogP contribution in [0.4, 0.5) is 10.2 Å². The van der Waals surface area contributed by atoms with Crippen molar-refractivity contribution in [3.8, 4) is 11.3 Å². The Kier molecular flexibility index (Phi) is 10.5. The van der Waals surface area contributed by atoms with Gasteiger partial charge >= 0.3 is 15.2 Å². The Morgan fingerprint density at radius 2 is 1.87 bits per heavy atom. The van der Waals surface area contributed by atoms with Crippen molar-refractivity contribution in [1.82, 2.24) is 34.5 Å². The van der Waals surface area contributed by atoms with Crippen LogP contribution >= 0.6 is 26.8 Å². The molecule has 1 aliphatic heterocycles. The average Bonchev–Trinajstić information content (AvgIpc) is 3.69. The molecule has 1 aliphatic rings. The van der Waals surface area contributed by atoms with E-state index in [1.807, 2.05) is 36.1 Å². The van der Waals surface area contributed by atoms with Crippen LogP contribution in [0.2, 0.25) is 5.28 Å². The largest absolute Gasteiger partial charge is 0.387 e. The van der Waals surface area contributed by atoms with Crippen LogP contribution < -0.4 is 4.90 Å². The molecule has 46 heavy (non-hydrogen) atoms. The molecule has 0 radical (unpaired) electrons. The normalized spacial score (nSPS) is 21.6. The number of aryl methyl sites for hydroxylation is 1. The number of hydrogen-bond acceptors (Lipinski definition) is 12. The first-order valence-corrected chi connectivity index (χ1v) is 18.0. The van der Waals surface area contributed by atoms with Gasteiger partial charge in [-0.1, -0.05) is 36.4 Å². The molecule has 5 rings (SSSR count). The first-order valence-electron chi connectivity index (χ1n) is 14.0. The predicted octanol–water partition coefficient (Wildman–Crippen LogP) is 2.08. The number of anilines is 1. The van der Waals surface area contributed by atoms with Crippen molar-refractivity contribution in [1.29, 1.82) is 0 Å². The molecule has 0 spiro atoms. The lowest BCUT2D eigenvalue weighted by Crippen LogP contribution is -2.33. The summed E-state index contributed by atoms with van der Waals surface area (Å²) in [7, 11) is -9.60. The Bertz CT molecular complexity index is 1760. The molecule has 21 heteroatoms. The summed E-state index contributed by atoms with van der Waals surface area (Å²) in [6.07, 6.45) is -2.03. The quantitative estimate of drug-likeness (QED) is 0.0934. The summed E-state index contributed by atoms with van der Waals surface area (Å²) in [5, 5.41) is 29.2. The number of halogens is 2. The number of rotatable bonds is 14. The Morgan fingerprint density at radius 3 is 2.54 bits per heavy atom. The molecule has 5 N–H and O–H groups in total. The maximum Gasteiger partial charge on any atom is 0.340 e. The van der Waals surface area contributed by atoms with E-state index >= 15 is 0 Å². The van der Waals surface area contributed by atoms with Crippen LogP contribution in [0, 0.1) is 0 Å². The highest BCUT2D eigenvalue weighted by molar-refractivity contribution is 7.70. The highest BCUT2D eigenvalue weighted by atomic mass is 35.5. The van der Waals surface area contributed by atoms with Gasteiger partial charge in [0, 0.05) is 18.7 Å². The number of benzene rings is 1. The molecule has 1 fully saturated rings. The van der Waals surface area contributed by atoms with Gasteiger partial charge in [-0.25, -0.2) is 14.1 Å². The third-order valence-corrected chi connectivity index (χ3v) is 10.7. The molecule has 250 valence electrons. The molecule has 1 unspecified atom stereocenters. The van der Waals surface area contributed by atoms with E-state index in [0.29, 0.717) is 30.1 Å². The van der Waals surface area contributed by atoms with Gasteiger partial charge in [-0.2, -0.15) is 9.97 Å². The predicted molar refractivity (Wildman–Crippen MR) is 162 cm³/mol. The topological polar surface area (TPSA) is 231 Å². The van der Waals surface area contributed by atoms with E-state index in [4.69, 9.17) is 30.6 Å². The number of aliphatic hydroxyl groups is 2. The van der Waals surface area contributed by atoms with Gasteiger partial charge in [0.25, 0.3) is 0 Å². The molecule has 4 heterocycles. The summed E-state index contributed by atoms with van der Waals surface area (Å²) in [5.74, 6) is -1.01. The summed E-state index contributed by atoms with van der Waals surface area (Å²) >= 11 is 6.34. The van der Waals surface area contributed by atoms with Gasteiger partial charge in [0.2, 0.25) is 5.28 Å². The molecule has 0 bridgehead atoms. The van der Waals surface area contributed by atoms with Crippen molar-refractivity contribution in [2.75, 3.05) is 30.6 Å². The number of aliphatic hydroxyl groups excluding tert-OH is 2. The van der Waals surface area contributed by atoms with E-state index in [0.717, 1.165) is 17.5 Å². The summed E-state index contributed by atoms with van der Waals surface area (Å²) in [4.78, 5) is 42.9. The van der Waals surface area contributed by atoms with Crippen LogP contribution in [-0.4, -0.2) is 103 Å². The Labute approximate surface area is 266 Å². The summed E-state index contributed by atoms with van der Waals surface area (Å²) in [6.45, 7) is 1.80. The van der Waals surface area contributed by atoms with Gasteiger partial charge in [0.05, 0.1) is 25.7 Å². The van der Waals surface area contributed by atoms with E-state index in [2.05, 4.69) is 25.3 Å². The smallest absolute Gasteiger partial charge is 0.340 e. The fourth-order valence-corrected chi connectivity index (χ4v) is 7.73. The van der Waals surface area contributed by atoms with Crippen LogP contribution in [0.1, 0.15) is 25.1 Å². The number of hydrogen-bond donors (Lipinski definition) is 5. The zero-order valence-electron chi connectivity index (χ0n) is 24.3. The monoisotopic (exact) mass is 704 g/mol. The Morgan fingerprint density at radius 1 is 1.13 bits per heavy atom.